The fourth-order valence-corrected chi connectivity index (χ4v) is 4.65. The lowest BCUT2D eigenvalue weighted by molar-refractivity contribution is -0.126. The van der Waals surface area contributed by atoms with E-state index in [0.717, 1.165) is 15.7 Å². The van der Waals surface area contributed by atoms with E-state index in [9.17, 15) is 9.59 Å². The summed E-state index contributed by atoms with van der Waals surface area (Å²) in [5.74, 6) is -0.646. The number of benzene rings is 3. The van der Waals surface area contributed by atoms with E-state index in [4.69, 9.17) is 9.57 Å². The van der Waals surface area contributed by atoms with Gasteiger partial charge in [0.05, 0.1) is 24.5 Å². The first kappa shape index (κ1) is 19.8. The molecule has 2 fully saturated rings. The smallest absolute Gasteiger partial charge is 0.266 e. The molecule has 0 bridgehead atoms. The van der Waals surface area contributed by atoms with E-state index in [1.54, 1.807) is 36.4 Å². The lowest BCUT2D eigenvalue weighted by Crippen LogP contribution is -2.37. The van der Waals surface area contributed by atoms with Crippen LogP contribution in [0.15, 0.2) is 83.3 Å². The highest BCUT2D eigenvalue weighted by Crippen LogP contribution is 2.47. The maximum absolute atomic E-state index is 13.6. The summed E-state index contributed by atoms with van der Waals surface area (Å²) in [5.41, 5.74) is 2.19. The number of imide groups is 1. The van der Waals surface area contributed by atoms with Crippen LogP contribution in [-0.2, 0) is 14.4 Å². The van der Waals surface area contributed by atoms with Crippen molar-refractivity contribution in [2.75, 3.05) is 17.1 Å². The number of para-hydroxylation sites is 1. The first-order valence-corrected chi connectivity index (χ1v) is 10.7. The maximum atomic E-state index is 13.6. The highest BCUT2D eigenvalue weighted by atomic mass is 79.9. The van der Waals surface area contributed by atoms with Gasteiger partial charge in [-0.1, -0.05) is 46.3 Å². The number of carbonyl (C=O) groups is 2. The second kappa shape index (κ2) is 7.83. The molecule has 0 aliphatic carbocycles. The number of carbonyl (C=O) groups excluding carboxylic acids is 2. The number of amides is 2. The second-order valence-corrected chi connectivity index (χ2v) is 8.34. The molecule has 0 aromatic heterocycles. The number of nitrogens with zero attached hydrogens (tertiary/aromatic N) is 2. The third-order valence-electron chi connectivity index (χ3n) is 5.65. The summed E-state index contributed by atoms with van der Waals surface area (Å²) in [6, 6.07) is 23.7. The minimum Gasteiger partial charge on any atom is -0.497 e. The van der Waals surface area contributed by atoms with Crippen molar-refractivity contribution in [3.63, 3.8) is 0 Å². The quantitative estimate of drug-likeness (QED) is 0.516. The van der Waals surface area contributed by atoms with Gasteiger partial charge in [-0.25, -0.2) is 9.96 Å². The van der Waals surface area contributed by atoms with Crippen molar-refractivity contribution in [3.05, 3.63) is 88.9 Å². The topological polar surface area (TPSA) is 59.1 Å². The zero-order chi connectivity index (χ0) is 21.5. The molecule has 3 aromatic carbocycles. The molecule has 2 aliphatic rings. The number of fused-ring (bicyclic) bond motifs is 1. The number of halogens is 1. The molecule has 2 aliphatic heterocycles. The Bertz CT molecular complexity index is 1140. The molecule has 0 spiro atoms. The summed E-state index contributed by atoms with van der Waals surface area (Å²) in [6.45, 7) is 0. The molecular weight excluding hydrogens is 460 g/mol. The molecule has 3 aromatic rings. The SMILES string of the molecule is COc1ccc(N2C(=O)C3ON(c4ccccc4)C(c4cccc(Br)c4)C3C2=O)cc1. The van der Waals surface area contributed by atoms with Crippen molar-refractivity contribution in [1.29, 1.82) is 0 Å². The minimum absolute atomic E-state index is 0.274. The summed E-state index contributed by atoms with van der Waals surface area (Å²) < 4.78 is 6.08. The number of rotatable bonds is 4. The van der Waals surface area contributed by atoms with Gasteiger partial charge in [-0.05, 0) is 54.1 Å². The number of hydrogen-bond acceptors (Lipinski definition) is 5. The first-order chi connectivity index (χ1) is 15.1. The Balaban J connectivity index is 1.57. The first-order valence-electron chi connectivity index (χ1n) is 9.87. The van der Waals surface area contributed by atoms with Crippen LogP contribution in [0.1, 0.15) is 11.6 Å². The van der Waals surface area contributed by atoms with Crippen LogP contribution >= 0.6 is 15.9 Å². The van der Waals surface area contributed by atoms with Crippen molar-refractivity contribution in [1.82, 2.24) is 0 Å². The van der Waals surface area contributed by atoms with Crippen molar-refractivity contribution in [2.24, 2.45) is 5.92 Å². The van der Waals surface area contributed by atoms with E-state index in [2.05, 4.69) is 15.9 Å². The summed E-state index contributed by atoms with van der Waals surface area (Å²) in [6.07, 6.45) is -0.890. The lowest BCUT2D eigenvalue weighted by atomic mass is 9.90. The van der Waals surface area contributed by atoms with Crippen LogP contribution in [-0.4, -0.2) is 25.0 Å². The van der Waals surface area contributed by atoms with Gasteiger partial charge < -0.3 is 4.74 Å². The highest BCUT2D eigenvalue weighted by Gasteiger charge is 2.60. The summed E-state index contributed by atoms with van der Waals surface area (Å²) in [7, 11) is 1.57. The molecule has 0 saturated carbocycles. The Hall–Kier alpha value is -3.16. The molecule has 7 heteroatoms. The van der Waals surface area contributed by atoms with Crippen LogP contribution in [0.2, 0.25) is 0 Å². The second-order valence-electron chi connectivity index (χ2n) is 7.42. The lowest BCUT2D eigenvalue weighted by Gasteiger charge is -2.28. The number of ether oxygens (including phenoxy) is 1. The summed E-state index contributed by atoms with van der Waals surface area (Å²) in [5, 5.41) is 1.69. The van der Waals surface area contributed by atoms with Crippen LogP contribution < -0.4 is 14.7 Å². The van der Waals surface area contributed by atoms with E-state index in [1.165, 1.54) is 4.90 Å². The molecular formula is C24H19BrN2O4. The molecule has 2 heterocycles. The van der Waals surface area contributed by atoms with Crippen LogP contribution in [0, 0.1) is 5.92 Å². The van der Waals surface area contributed by atoms with Gasteiger partial charge in [0.1, 0.15) is 11.7 Å². The van der Waals surface area contributed by atoms with E-state index in [0.29, 0.717) is 11.4 Å². The summed E-state index contributed by atoms with van der Waals surface area (Å²) >= 11 is 3.51. The number of anilines is 2. The van der Waals surface area contributed by atoms with Gasteiger partial charge in [0.25, 0.3) is 5.91 Å². The summed E-state index contributed by atoms with van der Waals surface area (Å²) in [4.78, 5) is 34.2. The monoisotopic (exact) mass is 478 g/mol. The predicted molar refractivity (Wildman–Crippen MR) is 120 cm³/mol. The van der Waals surface area contributed by atoms with Crippen molar-refractivity contribution >= 4 is 39.1 Å². The molecule has 2 amide bonds. The fourth-order valence-electron chi connectivity index (χ4n) is 4.23. The van der Waals surface area contributed by atoms with Crippen LogP contribution in [0.3, 0.4) is 0 Å². The molecule has 3 atom stereocenters. The average molecular weight is 479 g/mol. The molecule has 3 unspecified atom stereocenters. The van der Waals surface area contributed by atoms with Gasteiger partial charge in [-0.3, -0.25) is 14.4 Å². The Morgan fingerprint density at radius 2 is 1.61 bits per heavy atom. The van der Waals surface area contributed by atoms with Crippen LogP contribution in [0.5, 0.6) is 5.75 Å². The van der Waals surface area contributed by atoms with Crippen molar-refractivity contribution in [2.45, 2.75) is 12.1 Å². The van der Waals surface area contributed by atoms with Crippen molar-refractivity contribution in [3.8, 4) is 5.75 Å². The van der Waals surface area contributed by atoms with Gasteiger partial charge in [-0.2, -0.15) is 0 Å². The standard InChI is InChI=1S/C24H19BrN2O4/c1-30-19-12-10-17(11-13-19)26-23(28)20-21(15-6-5-7-16(25)14-15)27(31-22(20)24(26)29)18-8-3-2-4-9-18/h2-14,20-22H,1H3. The third-order valence-corrected chi connectivity index (χ3v) is 6.14. The predicted octanol–water partition coefficient (Wildman–Crippen LogP) is 4.51. The number of methoxy groups -OCH3 is 1. The normalized spacial score (nSPS) is 22.7. The third kappa shape index (κ3) is 3.30. The number of hydroxylamine groups is 1. The van der Waals surface area contributed by atoms with Gasteiger partial charge in [0.15, 0.2) is 6.10 Å². The molecule has 0 radical (unpaired) electrons. The fraction of sp³-hybridized carbons (Fsp3) is 0.167. The van der Waals surface area contributed by atoms with E-state index in [-0.39, 0.29) is 11.8 Å². The molecule has 5 rings (SSSR count). The van der Waals surface area contributed by atoms with E-state index < -0.39 is 18.1 Å². The highest BCUT2D eigenvalue weighted by molar-refractivity contribution is 9.10. The Morgan fingerprint density at radius 1 is 0.871 bits per heavy atom. The zero-order valence-corrected chi connectivity index (χ0v) is 18.2. The van der Waals surface area contributed by atoms with Gasteiger partial charge in [-0.15, -0.1) is 0 Å². The van der Waals surface area contributed by atoms with Gasteiger partial charge >= 0.3 is 0 Å². The van der Waals surface area contributed by atoms with Crippen LogP contribution in [0.4, 0.5) is 11.4 Å². The zero-order valence-electron chi connectivity index (χ0n) is 16.6. The Morgan fingerprint density at radius 3 is 2.29 bits per heavy atom. The molecule has 156 valence electrons. The maximum Gasteiger partial charge on any atom is 0.266 e. The molecule has 0 N–H and O–H groups in total. The minimum atomic E-state index is -0.890. The van der Waals surface area contributed by atoms with E-state index in [1.807, 2.05) is 54.6 Å². The Kier molecular flexibility index (Phi) is 5.00. The largest absolute Gasteiger partial charge is 0.497 e. The molecule has 6 nitrogen and oxygen atoms in total. The van der Waals surface area contributed by atoms with E-state index >= 15 is 0 Å². The Labute approximate surface area is 188 Å². The molecule has 2 saturated heterocycles. The van der Waals surface area contributed by atoms with Crippen LogP contribution in [0.25, 0.3) is 0 Å². The molecule has 31 heavy (non-hydrogen) atoms. The number of hydrogen-bond donors (Lipinski definition) is 0. The average Bonchev–Trinajstić information content (AvgIpc) is 3.31. The van der Waals surface area contributed by atoms with Gasteiger partial charge in [0.2, 0.25) is 5.91 Å². The van der Waals surface area contributed by atoms with Gasteiger partial charge in [0, 0.05) is 4.47 Å². The van der Waals surface area contributed by atoms with Crippen molar-refractivity contribution < 1.29 is 19.2 Å².